The number of esters is 1. The van der Waals surface area contributed by atoms with Crippen LogP contribution in [-0.4, -0.2) is 37.0 Å². The second kappa shape index (κ2) is 26.6. The van der Waals surface area contributed by atoms with Gasteiger partial charge in [0.25, 0.3) is 0 Å². The maximum absolute atomic E-state index is 11.9. The fourth-order valence-corrected chi connectivity index (χ4v) is 4.03. The molecule has 4 heteroatoms. The first-order chi connectivity index (χ1) is 15.7. The van der Waals surface area contributed by atoms with Crippen molar-refractivity contribution in [1.82, 2.24) is 0 Å². The maximum Gasteiger partial charge on any atom is 0.306 e. The molecule has 0 amide bonds. The van der Waals surface area contributed by atoms with Crippen LogP contribution in [0.2, 0.25) is 0 Å². The second-order valence-corrected chi connectivity index (χ2v) is 9.48. The van der Waals surface area contributed by atoms with Gasteiger partial charge in [-0.15, -0.1) is 0 Å². The van der Waals surface area contributed by atoms with E-state index in [2.05, 4.69) is 13.8 Å². The van der Waals surface area contributed by atoms with E-state index in [9.17, 15) is 9.90 Å². The number of unbranched alkanes of at least 4 members (excludes halogenated alkanes) is 18. The molecule has 0 radical (unpaired) electrons. The topological polar surface area (TPSA) is 55.8 Å². The van der Waals surface area contributed by atoms with E-state index in [4.69, 9.17) is 9.47 Å². The summed E-state index contributed by atoms with van der Waals surface area (Å²) in [7, 11) is 0. The molecule has 0 aromatic heterocycles. The number of rotatable bonds is 26. The predicted octanol–water partition coefficient (Wildman–Crippen LogP) is 8.14. The Morgan fingerprint density at radius 3 is 1.47 bits per heavy atom. The highest BCUT2D eigenvalue weighted by Gasteiger charge is 2.13. The van der Waals surface area contributed by atoms with E-state index in [0.717, 1.165) is 19.3 Å². The molecule has 0 saturated heterocycles. The normalized spacial score (nSPS) is 12.2. The number of ether oxygens (including phenoxy) is 2. The lowest BCUT2D eigenvalue weighted by atomic mass is 10.1. The fourth-order valence-electron chi connectivity index (χ4n) is 4.03. The summed E-state index contributed by atoms with van der Waals surface area (Å²) < 4.78 is 11.0. The molecule has 1 atom stereocenters. The highest BCUT2D eigenvalue weighted by atomic mass is 16.6. The number of aliphatic hydroxyl groups excluding tert-OH is 1. The van der Waals surface area contributed by atoms with E-state index < -0.39 is 6.10 Å². The maximum atomic E-state index is 11.9. The molecular formula is C28H56O4. The van der Waals surface area contributed by atoms with Crippen LogP contribution in [0.5, 0.6) is 0 Å². The molecule has 0 saturated carbocycles. The first kappa shape index (κ1) is 31.4. The minimum atomic E-state index is -0.520. The molecule has 0 heterocycles. The molecule has 0 aromatic carbocycles. The Morgan fingerprint density at radius 1 is 0.625 bits per heavy atom. The average molecular weight is 457 g/mol. The van der Waals surface area contributed by atoms with Gasteiger partial charge in [0.2, 0.25) is 0 Å². The number of carbonyl (C=O) groups excluding carboxylic acids is 1. The van der Waals surface area contributed by atoms with E-state index in [1.165, 1.54) is 109 Å². The van der Waals surface area contributed by atoms with Gasteiger partial charge >= 0.3 is 5.97 Å². The minimum Gasteiger partial charge on any atom is -0.457 e. The Kier molecular flexibility index (Phi) is 26.1. The van der Waals surface area contributed by atoms with Gasteiger partial charge in [-0.25, -0.2) is 0 Å². The van der Waals surface area contributed by atoms with Crippen LogP contribution in [0.25, 0.3) is 0 Å². The van der Waals surface area contributed by atoms with Crippen molar-refractivity contribution in [1.29, 1.82) is 0 Å². The van der Waals surface area contributed by atoms with Crippen LogP contribution < -0.4 is 0 Å². The summed E-state index contributed by atoms with van der Waals surface area (Å²) in [6, 6.07) is 0. The summed E-state index contributed by atoms with van der Waals surface area (Å²) in [4.78, 5) is 11.9. The lowest BCUT2D eigenvalue weighted by Gasteiger charge is -2.16. The van der Waals surface area contributed by atoms with Crippen molar-refractivity contribution in [2.24, 2.45) is 0 Å². The van der Waals surface area contributed by atoms with E-state index in [-0.39, 0.29) is 12.6 Å². The van der Waals surface area contributed by atoms with Gasteiger partial charge < -0.3 is 14.6 Å². The van der Waals surface area contributed by atoms with Crippen LogP contribution in [0.3, 0.4) is 0 Å². The van der Waals surface area contributed by atoms with Crippen LogP contribution in [0.1, 0.15) is 149 Å². The molecule has 0 rings (SSSR count). The zero-order valence-electron chi connectivity index (χ0n) is 21.7. The lowest BCUT2D eigenvalue weighted by molar-refractivity contribution is -0.154. The number of carbonyl (C=O) groups is 1. The number of hydrogen-bond donors (Lipinski definition) is 1. The summed E-state index contributed by atoms with van der Waals surface area (Å²) >= 11 is 0. The molecular weight excluding hydrogens is 400 g/mol. The van der Waals surface area contributed by atoms with Crippen molar-refractivity contribution in [2.45, 2.75) is 155 Å². The second-order valence-electron chi connectivity index (χ2n) is 9.48. The zero-order chi connectivity index (χ0) is 23.5. The van der Waals surface area contributed by atoms with Crippen LogP contribution in [0, 0.1) is 0 Å². The standard InChI is InChI=1S/C28H56O4/c1-3-5-7-9-11-13-14-15-16-18-20-22-24-31-26-27(25-29)32-28(30)23-21-19-17-12-10-8-6-4-2/h27,29H,3-26H2,1-2H3. The highest BCUT2D eigenvalue weighted by molar-refractivity contribution is 5.69. The number of aliphatic hydroxyl groups is 1. The largest absolute Gasteiger partial charge is 0.457 e. The van der Waals surface area contributed by atoms with Gasteiger partial charge in [0.05, 0.1) is 13.2 Å². The Balaban J connectivity index is 3.41. The third kappa shape index (κ3) is 24.0. The molecule has 1 unspecified atom stereocenters. The molecule has 0 spiro atoms. The van der Waals surface area contributed by atoms with Crippen LogP contribution in [0.4, 0.5) is 0 Å². The van der Waals surface area contributed by atoms with Crippen LogP contribution in [-0.2, 0) is 14.3 Å². The Hall–Kier alpha value is -0.610. The van der Waals surface area contributed by atoms with Gasteiger partial charge in [0, 0.05) is 13.0 Å². The van der Waals surface area contributed by atoms with E-state index in [1.54, 1.807) is 0 Å². The molecule has 0 aliphatic rings. The lowest BCUT2D eigenvalue weighted by Crippen LogP contribution is -2.27. The predicted molar refractivity (Wildman–Crippen MR) is 136 cm³/mol. The summed E-state index contributed by atoms with van der Waals surface area (Å²) in [5.41, 5.74) is 0. The van der Waals surface area contributed by atoms with Crippen molar-refractivity contribution >= 4 is 5.97 Å². The van der Waals surface area contributed by atoms with Crippen molar-refractivity contribution in [3.63, 3.8) is 0 Å². The summed E-state index contributed by atoms with van der Waals surface area (Å²) in [5, 5.41) is 9.43. The van der Waals surface area contributed by atoms with Crippen molar-refractivity contribution in [2.75, 3.05) is 19.8 Å². The SMILES string of the molecule is CCCCCCCCCCCCCCOCC(CO)OC(=O)CCCCCCCCCC. The monoisotopic (exact) mass is 456 g/mol. The van der Waals surface area contributed by atoms with Gasteiger partial charge in [0.15, 0.2) is 0 Å². The molecule has 32 heavy (non-hydrogen) atoms. The van der Waals surface area contributed by atoms with E-state index >= 15 is 0 Å². The van der Waals surface area contributed by atoms with Crippen molar-refractivity contribution < 1.29 is 19.4 Å². The zero-order valence-corrected chi connectivity index (χ0v) is 21.7. The third-order valence-corrected chi connectivity index (χ3v) is 6.18. The Labute approximate surface area is 200 Å². The molecule has 0 aliphatic carbocycles. The number of hydrogen-bond acceptors (Lipinski definition) is 4. The highest BCUT2D eigenvalue weighted by Crippen LogP contribution is 2.12. The quantitative estimate of drug-likeness (QED) is 0.105. The molecule has 0 bridgehead atoms. The van der Waals surface area contributed by atoms with E-state index in [0.29, 0.717) is 19.6 Å². The molecule has 0 fully saturated rings. The van der Waals surface area contributed by atoms with Crippen molar-refractivity contribution in [3.8, 4) is 0 Å². The molecule has 1 N–H and O–H groups in total. The molecule has 0 aromatic rings. The van der Waals surface area contributed by atoms with E-state index in [1.807, 2.05) is 0 Å². The van der Waals surface area contributed by atoms with Gasteiger partial charge in [-0.3, -0.25) is 4.79 Å². The Bertz CT molecular complexity index is 372. The molecule has 0 aliphatic heterocycles. The van der Waals surface area contributed by atoms with Crippen LogP contribution in [0.15, 0.2) is 0 Å². The first-order valence-electron chi connectivity index (χ1n) is 14.1. The van der Waals surface area contributed by atoms with Gasteiger partial charge in [-0.05, 0) is 12.8 Å². The smallest absolute Gasteiger partial charge is 0.306 e. The van der Waals surface area contributed by atoms with Gasteiger partial charge in [0.1, 0.15) is 6.10 Å². The molecule has 192 valence electrons. The fraction of sp³-hybridized carbons (Fsp3) is 0.964. The summed E-state index contributed by atoms with van der Waals surface area (Å²) in [6.45, 7) is 5.32. The van der Waals surface area contributed by atoms with Crippen LogP contribution >= 0.6 is 0 Å². The van der Waals surface area contributed by atoms with Gasteiger partial charge in [-0.2, -0.15) is 0 Å². The van der Waals surface area contributed by atoms with Gasteiger partial charge in [-0.1, -0.05) is 129 Å². The molecule has 4 nitrogen and oxygen atoms in total. The third-order valence-electron chi connectivity index (χ3n) is 6.18. The minimum absolute atomic E-state index is 0.165. The van der Waals surface area contributed by atoms with Crippen molar-refractivity contribution in [3.05, 3.63) is 0 Å². The Morgan fingerprint density at radius 2 is 1.03 bits per heavy atom. The first-order valence-corrected chi connectivity index (χ1v) is 14.1. The average Bonchev–Trinajstić information content (AvgIpc) is 2.80. The summed E-state index contributed by atoms with van der Waals surface area (Å²) in [5.74, 6) is -0.205. The summed E-state index contributed by atoms with van der Waals surface area (Å²) in [6.07, 6.45) is 25.5.